The van der Waals surface area contributed by atoms with Crippen LogP contribution in [0.15, 0.2) is 4.99 Å². The fourth-order valence-electron chi connectivity index (χ4n) is 0.456. The molecule has 0 saturated carbocycles. The van der Waals surface area contributed by atoms with Crippen LogP contribution in [-0.4, -0.2) is 24.0 Å². The molecule has 6 heteroatoms. The van der Waals surface area contributed by atoms with Gasteiger partial charge in [-0.1, -0.05) is 0 Å². The second-order valence-corrected chi connectivity index (χ2v) is 2.69. The van der Waals surface area contributed by atoms with Crippen LogP contribution in [0, 0.1) is 0 Å². The first-order valence-corrected chi connectivity index (χ1v) is 3.00. The largest absolute Gasteiger partial charge is 0.332 e. The summed E-state index contributed by atoms with van der Waals surface area (Å²) in [7, 11) is 0. The zero-order valence-electron chi connectivity index (χ0n) is 6.44. The Labute approximate surface area is 66.3 Å². The molecule has 0 radical (unpaired) electrons. The standard InChI is InChI=1S/C6H7F4NO/c1-5(2,11-3-12)6(9,10)4(7)8/h4H,1-2H3. The number of halogens is 4. The Morgan fingerprint density at radius 2 is 1.75 bits per heavy atom. The van der Waals surface area contributed by atoms with Gasteiger partial charge < -0.3 is 0 Å². The minimum absolute atomic E-state index is 0.740. The molecule has 0 aromatic heterocycles. The summed E-state index contributed by atoms with van der Waals surface area (Å²) in [6.45, 7) is 1.48. The molecule has 12 heavy (non-hydrogen) atoms. The van der Waals surface area contributed by atoms with E-state index in [2.05, 4.69) is 4.99 Å². The van der Waals surface area contributed by atoms with E-state index in [1.54, 1.807) is 0 Å². The lowest BCUT2D eigenvalue weighted by Gasteiger charge is -2.27. The molecule has 0 rings (SSSR count). The van der Waals surface area contributed by atoms with Gasteiger partial charge in [-0.05, 0) is 13.8 Å². The third-order valence-corrected chi connectivity index (χ3v) is 1.41. The number of aliphatic imine (C=N–C) groups is 1. The molecule has 0 aromatic carbocycles. The van der Waals surface area contributed by atoms with Gasteiger partial charge in [-0.15, -0.1) is 0 Å². The molecule has 0 heterocycles. The van der Waals surface area contributed by atoms with Crippen LogP contribution in [0.3, 0.4) is 0 Å². The summed E-state index contributed by atoms with van der Waals surface area (Å²) in [5.41, 5.74) is -2.41. The van der Waals surface area contributed by atoms with Crippen LogP contribution < -0.4 is 0 Å². The van der Waals surface area contributed by atoms with Crippen molar-refractivity contribution >= 4 is 6.08 Å². The number of carbonyl (C=O) groups excluding carboxylic acids is 1. The van der Waals surface area contributed by atoms with Crippen LogP contribution in [0.1, 0.15) is 13.8 Å². The average molecular weight is 185 g/mol. The predicted octanol–water partition coefficient (Wildman–Crippen LogP) is 2.00. The Balaban J connectivity index is 4.86. The highest BCUT2D eigenvalue weighted by Gasteiger charge is 2.55. The van der Waals surface area contributed by atoms with E-state index in [9.17, 15) is 22.4 Å². The molecule has 2 nitrogen and oxygen atoms in total. The molecule has 0 spiro atoms. The summed E-state index contributed by atoms with van der Waals surface area (Å²) >= 11 is 0. The molecule has 0 aliphatic rings. The van der Waals surface area contributed by atoms with Crippen molar-refractivity contribution in [3.8, 4) is 0 Å². The van der Waals surface area contributed by atoms with Crippen molar-refractivity contribution in [3.63, 3.8) is 0 Å². The van der Waals surface area contributed by atoms with E-state index < -0.39 is 17.9 Å². The van der Waals surface area contributed by atoms with Gasteiger partial charge in [-0.3, -0.25) is 0 Å². The average Bonchev–Trinajstić information content (AvgIpc) is 1.86. The normalized spacial score (nSPS) is 12.9. The molecular weight excluding hydrogens is 178 g/mol. The third-order valence-electron chi connectivity index (χ3n) is 1.41. The van der Waals surface area contributed by atoms with Gasteiger partial charge in [0, 0.05) is 0 Å². The van der Waals surface area contributed by atoms with Crippen LogP contribution in [0.2, 0.25) is 0 Å². The molecule has 70 valence electrons. The predicted molar refractivity (Wildman–Crippen MR) is 33.2 cm³/mol. The van der Waals surface area contributed by atoms with Crippen molar-refractivity contribution in [3.05, 3.63) is 0 Å². The maximum Gasteiger partial charge on any atom is 0.332 e. The van der Waals surface area contributed by atoms with E-state index in [0.717, 1.165) is 19.9 Å². The molecule has 0 saturated heterocycles. The van der Waals surface area contributed by atoms with Crippen LogP contribution >= 0.6 is 0 Å². The summed E-state index contributed by atoms with van der Waals surface area (Å²) in [6, 6.07) is 0. The molecule has 0 N–H and O–H groups in total. The second kappa shape index (κ2) is 3.23. The number of isocyanates is 1. The van der Waals surface area contributed by atoms with Crippen LogP contribution in [-0.2, 0) is 4.79 Å². The highest BCUT2D eigenvalue weighted by atomic mass is 19.3. The van der Waals surface area contributed by atoms with Crippen molar-refractivity contribution in [1.29, 1.82) is 0 Å². The van der Waals surface area contributed by atoms with E-state index in [1.807, 2.05) is 0 Å². The van der Waals surface area contributed by atoms with Crippen molar-refractivity contribution < 1.29 is 22.4 Å². The van der Waals surface area contributed by atoms with Gasteiger partial charge in [0.05, 0.1) is 0 Å². The molecule has 0 aliphatic carbocycles. The summed E-state index contributed by atoms with van der Waals surface area (Å²) in [5, 5.41) is 0. The Morgan fingerprint density at radius 1 is 1.33 bits per heavy atom. The first kappa shape index (κ1) is 11.1. The molecule has 0 bridgehead atoms. The minimum Gasteiger partial charge on any atom is -0.211 e. The van der Waals surface area contributed by atoms with E-state index in [-0.39, 0.29) is 0 Å². The van der Waals surface area contributed by atoms with Crippen molar-refractivity contribution in [2.24, 2.45) is 4.99 Å². The molecule has 0 unspecified atom stereocenters. The van der Waals surface area contributed by atoms with Gasteiger partial charge in [-0.25, -0.2) is 13.6 Å². The van der Waals surface area contributed by atoms with Crippen molar-refractivity contribution in [1.82, 2.24) is 0 Å². The van der Waals surface area contributed by atoms with E-state index in [1.165, 1.54) is 0 Å². The zero-order valence-corrected chi connectivity index (χ0v) is 6.44. The van der Waals surface area contributed by atoms with Gasteiger partial charge in [0.1, 0.15) is 5.54 Å². The van der Waals surface area contributed by atoms with Gasteiger partial charge >= 0.3 is 12.3 Å². The third kappa shape index (κ3) is 1.82. The highest BCUT2D eigenvalue weighted by Crippen LogP contribution is 2.36. The summed E-state index contributed by atoms with van der Waals surface area (Å²) < 4.78 is 48.4. The number of rotatable bonds is 3. The lowest BCUT2D eigenvalue weighted by atomic mass is 9.98. The monoisotopic (exact) mass is 185 g/mol. The van der Waals surface area contributed by atoms with Gasteiger partial charge in [0.2, 0.25) is 6.08 Å². The molecule has 0 atom stereocenters. The number of nitrogens with zero attached hydrogens (tertiary/aromatic N) is 1. The maximum absolute atomic E-state index is 12.5. The van der Waals surface area contributed by atoms with Crippen molar-refractivity contribution in [2.75, 3.05) is 0 Å². The lowest BCUT2D eigenvalue weighted by molar-refractivity contribution is -0.165. The van der Waals surface area contributed by atoms with E-state index >= 15 is 0 Å². The van der Waals surface area contributed by atoms with Crippen LogP contribution in [0.25, 0.3) is 0 Å². The number of hydrogen-bond donors (Lipinski definition) is 0. The van der Waals surface area contributed by atoms with Gasteiger partial charge in [0.15, 0.2) is 0 Å². The Kier molecular flexibility index (Phi) is 2.98. The summed E-state index contributed by atoms with van der Waals surface area (Å²) in [6.07, 6.45) is -3.01. The van der Waals surface area contributed by atoms with Gasteiger partial charge in [-0.2, -0.15) is 13.8 Å². The molecular formula is C6H7F4NO. The SMILES string of the molecule is CC(C)(N=C=O)C(F)(F)C(F)F. The summed E-state index contributed by atoms with van der Waals surface area (Å²) in [4.78, 5) is 12.2. The molecule has 0 aromatic rings. The fraction of sp³-hybridized carbons (Fsp3) is 0.833. The molecule has 0 amide bonds. The quantitative estimate of drug-likeness (QED) is 0.375. The summed E-state index contributed by atoms with van der Waals surface area (Å²) in [5.74, 6) is -4.32. The van der Waals surface area contributed by atoms with Crippen LogP contribution in [0.4, 0.5) is 17.6 Å². The maximum atomic E-state index is 12.5. The van der Waals surface area contributed by atoms with Crippen LogP contribution in [0.5, 0.6) is 0 Å². The van der Waals surface area contributed by atoms with E-state index in [4.69, 9.17) is 0 Å². The zero-order chi connectivity index (χ0) is 9.99. The highest BCUT2D eigenvalue weighted by molar-refractivity contribution is 5.35. The van der Waals surface area contributed by atoms with Gasteiger partial charge in [0.25, 0.3) is 0 Å². The van der Waals surface area contributed by atoms with Crippen molar-refractivity contribution in [2.45, 2.75) is 31.7 Å². The molecule has 0 fully saturated rings. The smallest absolute Gasteiger partial charge is 0.211 e. The Hall–Kier alpha value is -0.900. The second-order valence-electron chi connectivity index (χ2n) is 2.69. The van der Waals surface area contributed by atoms with E-state index in [0.29, 0.717) is 0 Å². The molecule has 0 aliphatic heterocycles. The Bertz CT molecular complexity index is 208. The number of hydrogen-bond acceptors (Lipinski definition) is 2. The topological polar surface area (TPSA) is 29.4 Å². The minimum atomic E-state index is -4.32. The Morgan fingerprint density at radius 3 is 2.00 bits per heavy atom. The fourth-order valence-corrected chi connectivity index (χ4v) is 0.456. The first-order valence-electron chi connectivity index (χ1n) is 3.00. The lowest BCUT2D eigenvalue weighted by Crippen LogP contribution is -2.46. The first-order chi connectivity index (χ1) is 5.25. The number of alkyl halides is 4.